The lowest BCUT2D eigenvalue weighted by molar-refractivity contribution is -0.384. The van der Waals surface area contributed by atoms with Crippen LogP contribution in [0.15, 0.2) is 76.9 Å². The average Bonchev–Trinajstić information content (AvgIpc) is 3.17. The molecule has 1 aliphatic heterocycles. The molecule has 1 saturated heterocycles. The number of fused-ring (bicyclic) bond motifs is 3. The number of imide groups is 1. The number of hydrogen-bond donors (Lipinski definition) is 1. The van der Waals surface area contributed by atoms with Crippen LogP contribution in [0.25, 0.3) is 0 Å². The smallest absolute Gasteiger partial charge is 0.269 e. The van der Waals surface area contributed by atoms with Crippen LogP contribution in [0.5, 0.6) is 5.75 Å². The minimum Gasteiger partial charge on any atom is -0.507 e. The second kappa shape index (κ2) is 8.69. The zero-order valence-corrected chi connectivity index (χ0v) is 21.2. The van der Waals surface area contributed by atoms with Crippen molar-refractivity contribution in [3.8, 4) is 5.75 Å². The van der Waals surface area contributed by atoms with E-state index in [0.717, 1.165) is 10.5 Å². The van der Waals surface area contributed by atoms with E-state index in [9.17, 15) is 34.4 Å². The van der Waals surface area contributed by atoms with Gasteiger partial charge in [-0.3, -0.25) is 34.2 Å². The van der Waals surface area contributed by atoms with E-state index in [2.05, 4.69) is 0 Å². The van der Waals surface area contributed by atoms with E-state index in [-0.39, 0.29) is 41.5 Å². The molecule has 0 saturated carbocycles. The number of nitrogens with zero attached hydrogens (tertiary/aromatic N) is 2. The molecule has 4 unspecified atom stereocenters. The Balaban J connectivity index is 1.47. The molecule has 2 amide bonds. The van der Waals surface area contributed by atoms with E-state index < -0.39 is 40.4 Å². The maximum absolute atomic E-state index is 13.9. The predicted molar refractivity (Wildman–Crippen MR) is 140 cm³/mol. The molecule has 1 fully saturated rings. The van der Waals surface area contributed by atoms with Gasteiger partial charge in [-0.2, -0.15) is 0 Å². The lowest BCUT2D eigenvalue weighted by Crippen LogP contribution is -2.39. The Morgan fingerprint density at radius 3 is 2.38 bits per heavy atom. The number of benzene rings is 2. The number of hydrogen-bond acceptors (Lipinski definition) is 7. The van der Waals surface area contributed by atoms with E-state index in [1.165, 1.54) is 30.3 Å². The Labute approximate surface area is 223 Å². The third-order valence-corrected chi connectivity index (χ3v) is 8.46. The number of carbonyl (C=O) groups excluding carboxylic acids is 4. The highest BCUT2D eigenvalue weighted by Crippen LogP contribution is 2.56. The molecule has 3 aliphatic carbocycles. The molecular weight excluding hydrogens is 500 g/mol. The molecule has 2 aromatic carbocycles. The number of carbonyl (C=O) groups is 4. The first-order valence-corrected chi connectivity index (χ1v) is 12.7. The fourth-order valence-electron chi connectivity index (χ4n) is 6.61. The van der Waals surface area contributed by atoms with Crippen molar-refractivity contribution < 1.29 is 29.2 Å². The molecule has 4 atom stereocenters. The Hall–Kier alpha value is -4.66. The summed E-state index contributed by atoms with van der Waals surface area (Å²) >= 11 is 0. The quantitative estimate of drug-likeness (QED) is 0.209. The zero-order valence-electron chi connectivity index (χ0n) is 21.2. The highest BCUT2D eigenvalue weighted by atomic mass is 16.6. The number of rotatable bonds is 3. The van der Waals surface area contributed by atoms with Crippen molar-refractivity contribution in [3.63, 3.8) is 0 Å². The zero-order chi connectivity index (χ0) is 27.7. The predicted octanol–water partition coefficient (Wildman–Crippen LogP) is 4.24. The van der Waals surface area contributed by atoms with Crippen molar-refractivity contribution >= 4 is 34.8 Å². The van der Waals surface area contributed by atoms with Gasteiger partial charge in [0.05, 0.1) is 22.4 Å². The van der Waals surface area contributed by atoms with Gasteiger partial charge >= 0.3 is 0 Å². The van der Waals surface area contributed by atoms with Crippen molar-refractivity contribution in [2.24, 2.45) is 17.8 Å². The van der Waals surface area contributed by atoms with Crippen molar-refractivity contribution in [1.29, 1.82) is 0 Å². The number of phenols is 1. The summed E-state index contributed by atoms with van der Waals surface area (Å²) in [4.78, 5) is 65.6. The first-order chi connectivity index (χ1) is 18.6. The van der Waals surface area contributed by atoms with Gasteiger partial charge in [-0.25, -0.2) is 0 Å². The molecule has 0 bridgehead atoms. The van der Waals surface area contributed by atoms with E-state index >= 15 is 0 Å². The monoisotopic (exact) mass is 524 g/mol. The minimum absolute atomic E-state index is 0.0202. The minimum atomic E-state index is -0.772. The number of ketones is 2. The summed E-state index contributed by atoms with van der Waals surface area (Å²) in [6, 6.07) is 10.5. The van der Waals surface area contributed by atoms with Gasteiger partial charge in [-0.15, -0.1) is 0 Å². The summed E-state index contributed by atoms with van der Waals surface area (Å²) in [5, 5.41) is 22.1. The summed E-state index contributed by atoms with van der Waals surface area (Å²) < 4.78 is 0. The van der Waals surface area contributed by atoms with Crippen molar-refractivity contribution in [3.05, 3.63) is 98.2 Å². The standard InChI is InChI=1S/C30H24N2O7/c1-14-4-3-5-19(27(14)34)24-18-10-11-20-25(21(18)13-22-23(33)12-15(2)28(35)26(22)24)30(37)31(29(20)36)16-6-8-17(9-7-16)32(38)39/h3-10,12,20-21,24-25,34H,11,13H2,1-2H3. The van der Waals surface area contributed by atoms with Crippen LogP contribution in [-0.2, 0) is 19.2 Å². The second-order valence-electron chi connectivity index (χ2n) is 10.5. The number of phenolic OH excluding ortho intramolecular Hbond substituents is 1. The van der Waals surface area contributed by atoms with Crippen LogP contribution in [0.3, 0.4) is 0 Å². The molecule has 1 heterocycles. The molecule has 0 radical (unpaired) electrons. The van der Waals surface area contributed by atoms with E-state index in [1.54, 1.807) is 32.0 Å². The van der Waals surface area contributed by atoms with E-state index in [0.29, 0.717) is 27.8 Å². The number of aromatic hydroxyl groups is 1. The van der Waals surface area contributed by atoms with Crippen LogP contribution in [0.4, 0.5) is 11.4 Å². The Kier molecular flexibility index (Phi) is 5.50. The highest BCUT2D eigenvalue weighted by molar-refractivity contribution is 6.25. The average molecular weight is 525 g/mol. The van der Waals surface area contributed by atoms with Crippen molar-refractivity contribution in [2.75, 3.05) is 4.90 Å². The maximum Gasteiger partial charge on any atom is 0.269 e. The van der Waals surface area contributed by atoms with Gasteiger partial charge in [0, 0.05) is 40.3 Å². The van der Waals surface area contributed by atoms with Gasteiger partial charge in [0.2, 0.25) is 11.8 Å². The van der Waals surface area contributed by atoms with Crippen LogP contribution in [-0.4, -0.2) is 33.4 Å². The van der Waals surface area contributed by atoms with Gasteiger partial charge in [0.1, 0.15) is 5.75 Å². The second-order valence-corrected chi connectivity index (χ2v) is 10.5. The number of aryl methyl sites for hydroxylation is 1. The fourth-order valence-corrected chi connectivity index (χ4v) is 6.61. The Morgan fingerprint density at radius 2 is 1.69 bits per heavy atom. The molecule has 4 aliphatic rings. The molecular formula is C30H24N2O7. The van der Waals surface area contributed by atoms with Crippen molar-refractivity contribution in [1.82, 2.24) is 0 Å². The van der Waals surface area contributed by atoms with Gasteiger partial charge in [-0.05, 0) is 56.4 Å². The topological polar surface area (TPSA) is 135 Å². The van der Waals surface area contributed by atoms with E-state index in [4.69, 9.17) is 0 Å². The third kappa shape index (κ3) is 3.53. The highest BCUT2D eigenvalue weighted by Gasteiger charge is 2.56. The Morgan fingerprint density at radius 1 is 0.974 bits per heavy atom. The maximum atomic E-state index is 13.9. The molecule has 0 spiro atoms. The first kappa shape index (κ1) is 24.7. The molecule has 39 heavy (non-hydrogen) atoms. The summed E-state index contributed by atoms with van der Waals surface area (Å²) in [7, 11) is 0. The molecule has 9 heteroatoms. The largest absolute Gasteiger partial charge is 0.507 e. The van der Waals surface area contributed by atoms with E-state index in [1.807, 2.05) is 6.08 Å². The number of allylic oxidation sites excluding steroid dienone is 6. The van der Waals surface area contributed by atoms with Gasteiger partial charge < -0.3 is 5.11 Å². The first-order valence-electron chi connectivity index (χ1n) is 12.7. The normalized spacial score (nSPS) is 26.2. The van der Waals surface area contributed by atoms with Crippen LogP contribution >= 0.6 is 0 Å². The number of Topliss-reactive ketones (excluding diaryl/α,β-unsaturated/α-hetero) is 1. The van der Waals surface area contributed by atoms with Gasteiger partial charge in [0.25, 0.3) is 5.69 Å². The van der Waals surface area contributed by atoms with Crippen LogP contribution in [0.1, 0.15) is 36.8 Å². The molecule has 0 aromatic heterocycles. The molecule has 9 nitrogen and oxygen atoms in total. The van der Waals surface area contributed by atoms with Crippen LogP contribution < -0.4 is 4.90 Å². The molecule has 6 rings (SSSR count). The summed E-state index contributed by atoms with van der Waals surface area (Å²) in [5.74, 6) is -4.08. The number of anilines is 1. The van der Waals surface area contributed by atoms with Crippen LogP contribution in [0, 0.1) is 34.8 Å². The molecule has 196 valence electrons. The number of nitro groups is 1. The Bertz CT molecular complexity index is 1610. The van der Waals surface area contributed by atoms with Crippen molar-refractivity contribution in [2.45, 2.75) is 32.6 Å². The van der Waals surface area contributed by atoms with Crippen LogP contribution in [0.2, 0.25) is 0 Å². The molecule has 1 N–H and O–H groups in total. The van der Waals surface area contributed by atoms with Gasteiger partial charge in [-0.1, -0.05) is 29.8 Å². The lowest BCUT2D eigenvalue weighted by atomic mass is 9.59. The summed E-state index contributed by atoms with van der Waals surface area (Å²) in [6.07, 6.45) is 3.59. The fraction of sp³-hybridized carbons (Fsp3) is 0.267. The lowest BCUT2D eigenvalue weighted by Gasteiger charge is -2.42. The molecule has 2 aromatic rings. The number of nitro benzene ring substituents is 1. The summed E-state index contributed by atoms with van der Waals surface area (Å²) in [6.45, 7) is 3.34. The summed E-state index contributed by atoms with van der Waals surface area (Å²) in [5.41, 5.74) is 2.90. The number of non-ortho nitro benzene ring substituents is 1. The third-order valence-electron chi connectivity index (χ3n) is 8.46. The number of amides is 2. The number of para-hydroxylation sites is 1. The SMILES string of the molecule is CC1=CC(=O)C2=C(C1=O)C(c1cccc(C)c1O)C1=CCC3C(=O)N(c4ccc([N+](=O)[O-])cc4)C(=O)C3C1C2. The van der Waals surface area contributed by atoms with Gasteiger partial charge in [0.15, 0.2) is 11.6 Å².